The lowest BCUT2D eigenvalue weighted by molar-refractivity contribution is 0.368. The summed E-state index contributed by atoms with van der Waals surface area (Å²) in [5, 5.41) is 0. The Hall–Kier alpha value is -0.920. The molecule has 0 radical (unpaired) electrons. The van der Waals surface area contributed by atoms with Crippen molar-refractivity contribution in [1.29, 1.82) is 0 Å². The maximum Gasteiger partial charge on any atom is 0.240 e. The first kappa shape index (κ1) is 8.18. The minimum atomic E-state index is 0.613. The first-order valence-corrected chi connectivity index (χ1v) is 3.81. The minimum absolute atomic E-state index is 0.613. The minimum Gasteiger partial charge on any atom is -0.298 e. The van der Waals surface area contributed by atoms with Crippen LogP contribution in [0.4, 0.5) is 0 Å². The van der Waals surface area contributed by atoms with Crippen LogP contribution in [0, 0.1) is 0 Å². The van der Waals surface area contributed by atoms with Gasteiger partial charge in [0, 0.05) is 6.54 Å². The van der Waals surface area contributed by atoms with Gasteiger partial charge in [-0.3, -0.25) is 4.90 Å². The van der Waals surface area contributed by atoms with Gasteiger partial charge in [-0.1, -0.05) is 6.58 Å². The number of isocyanates is 1. The molecule has 1 fully saturated rings. The normalized spacial score (nSPS) is 17.8. The molecule has 0 spiro atoms. The van der Waals surface area contributed by atoms with E-state index in [2.05, 4.69) is 16.5 Å². The summed E-state index contributed by atoms with van der Waals surface area (Å²) in [6.45, 7) is 6.56. The van der Waals surface area contributed by atoms with Crippen LogP contribution in [0.5, 0.6) is 0 Å². The van der Waals surface area contributed by atoms with Crippen molar-refractivity contribution in [2.75, 3.05) is 19.6 Å². The van der Waals surface area contributed by atoms with Crippen molar-refractivity contribution in [2.45, 2.75) is 12.8 Å². The molecule has 0 aromatic rings. The zero-order valence-corrected chi connectivity index (χ0v) is 6.55. The lowest BCUT2D eigenvalue weighted by Gasteiger charge is -2.12. The number of nitrogens with zero attached hydrogens (tertiary/aromatic N) is 2. The summed E-state index contributed by atoms with van der Waals surface area (Å²) in [6.07, 6.45) is 3.99. The van der Waals surface area contributed by atoms with Gasteiger partial charge < -0.3 is 0 Å². The summed E-state index contributed by atoms with van der Waals surface area (Å²) in [5.41, 5.74) is 0.613. The molecular weight excluding hydrogens is 140 g/mol. The summed E-state index contributed by atoms with van der Waals surface area (Å²) in [7, 11) is 0. The molecule has 0 unspecified atom stereocenters. The lowest BCUT2D eigenvalue weighted by atomic mass is 10.4. The second-order valence-electron chi connectivity index (χ2n) is 2.75. The average Bonchev–Trinajstić information content (AvgIpc) is 2.40. The van der Waals surface area contributed by atoms with Gasteiger partial charge in [0.15, 0.2) is 0 Å². The van der Waals surface area contributed by atoms with Crippen LogP contribution in [0.2, 0.25) is 0 Å². The Morgan fingerprint density at radius 3 is 2.73 bits per heavy atom. The Morgan fingerprint density at radius 1 is 1.55 bits per heavy atom. The summed E-state index contributed by atoms with van der Waals surface area (Å²) >= 11 is 0. The Labute approximate surface area is 66.4 Å². The molecule has 1 aliphatic rings. The Bertz CT molecular complexity index is 188. The van der Waals surface area contributed by atoms with Crippen LogP contribution in [0.15, 0.2) is 17.3 Å². The summed E-state index contributed by atoms with van der Waals surface area (Å²) in [6, 6.07) is 0. The predicted molar refractivity (Wildman–Crippen MR) is 42.9 cm³/mol. The zero-order valence-electron chi connectivity index (χ0n) is 6.55. The van der Waals surface area contributed by atoms with E-state index in [1.807, 2.05) is 0 Å². The van der Waals surface area contributed by atoms with Gasteiger partial charge in [-0.25, -0.2) is 4.79 Å². The van der Waals surface area contributed by atoms with Crippen LogP contribution in [-0.4, -0.2) is 30.6 Å². The number of carbonyl (C=O) groups excluding carboxylic acids is 1. The quantitative estimate of drug-likeness (QED) is 0.445. The van der Waals surface area contributed by atoms with Crippen LogP contribution in [0.1, 0.15) is 12.8 Å². The number of rotatable bonds is 3. The highest BCUT2D eigenvalue weighted by Crippen LogP contribution is 2.08. The smallest absolute Gasteiger partial charge is 0.240 e. The van der Waals surface area contributed by atoms with Crippen molar-refractivity contribution in [3.63, 3.8) is 0 Å². The molecule has 3 heteroatoms. The van der Waals surface area contributed by atoms with E-state index in [0.717, 1.165) is 19.6 Å². The van der Waals surface area contributed by atoms with Gasteiger partial charge in [-0.15, -0.1) is 0 Å². The molecule has 11 heavy (non-hydrogen) atoms. The largest absolute Gasteiger partial charge is 0.298 e. The first-order chi connectivity index (χ1) is 5.33. The van der Waals surface area contributed by atoms with Gasteiger partial charge in [-0.05, 0) is 25.9 Å². The fraction of sp³-hybridized carbons (Fsp3) is 0.625. The van der Waals surface area contributed by atoms with Crippen molar-refractivity contribution in [2.24, 2.45) is 4.99 Å². The third-order valence-electron chi connectivity index (χ3n) is 1.81. The molecule has 0 atom stereocenters. The van der Waals surface area contributed by atoms with E-state index in [1.165, 1.54) is 18.9 Å². The van der Waals surface area contributed by atoms with Crippen molar-refractivity contribution < 1.29 is 4.79 Å². The van der Waals surface area contributed by atoms with Gasteiger partial charge in [0.25, 0.3) is 0 Å². The van der Waals surface area contributed by atoms with Crippen LogP contribution in [-0.2, 0) is 4.79 Å². The predicted octanol–water partition coefficient (Wildman–Crippen LogP) is 0.932. The van der Waals surface area contributed by atoms with E-state index in [0.29, 0.717) is 5.70 Å². The standard InChI is InChI=1S/C8H12N2O/c1-8(9-7-11)6-10-4-2-3-5-10/h1-6H2. The van der Waals surface area contributed by atoms with Gasteiger partial charge in [0.1, 0.15) is 0 Å². The molecule has 1 saturated heterocycles. The van der Waals surface area contributed by atoms with E-state index in [1.54, 1.807) is 0 Å². The second kappa shape index (κ2) is 4.06. The van der Waals surface area contributed by atoms with Crippen LogP contribution < -0.4 is 0 Å². The molecule has 0 aromatic heterocycles. The van der Waals surface area contributed by atoms with E-state index in [4.69, 9.17) is 0 Å². The van der Waals surface area contributed by atoms with Crippen molar-refractivity contribution in [3.05, 3.63) is 12.3 Å². The topological polar surface area (TPSA) is 32.7 Å². The van der Waals surface area contributed by atoms with Crippen molar-refractivity contribution in [3.8, 4) is 0 Å². The number of aliphatic imine (C=N–C) groups is 1. The lowest BCUT2D eigenvalue weighted by Crippen LogP contribution is -2.20. The van der Waals surface area contributed by atoms with Gasteiger partial charge in [0.2, 0.25) is 6.08 Å². The third kappa shape index (κ3) is 2.66. The molecule has 0 saturated carbocycles. The SMILES string of the molecule is C=C(CN1CCCC1)N=C=O. The van der Waals surface area contributed by atoms with Gasteiger partial charge in [0.05, 0.1) is 5.70 Å². The molecule has 1 heterocycles. The van der Waals surface area contributed by atoms with E-state index in [9.17, 15) is 4.79 Å². The van der Waals surface area contributed by atoms with Crippen LogP contribution in [0.25, 0.3) is 0 Å². The third-order valence-corrected chi connectivity index (χ3v) is 1.81. The molecule has 60 valence electrons. The van der Waals surface area contributed by atoms with Crippen molar-refractivity contribution >= 4 is 6.08 Å². The Morgan fingerprint density at radius 2 is 2.18 bits per heavy atom. The second-order valence-corrected chi connectivity index (χ2v) is 2.75. The Kier molecular flexibility index (Phi) is 3.02. The highest BCUT2D eigenvalue weighted by atomic mass is 16.1. The highest BCUT2D eigenvalue weighted by molar-refractivity contribution is 5.36. The van der Waals surface area contributed by atoms with E-state index in [-0.39, 0.29) is 0 Å². The maximum absolute atomic E-state index is 9.82. The molecule has 0 amide bonds. The number of likely N-dealkylation sites (tertiary alicyclic amines) is 1. The molecule has 1 rings (SSSR count). The Balaban J connectivity index is 2.29. The summed E-state index contributed by atoms with van der Waals surface area (Å²) in [5.74, 6) is 0. The highest BCUT2D eigenvalue weighted by Gasteiger charge is 2.11. The number of hydrogen-bond donors (Lipinski definition) is 0. The first-order valence-electron chi connectivity index (χ1n) is 3.81. The fourth-order valence-corrected chi connectivity index (χ4v) is 1.30. The summed E-state index contributed by atoms with van der Waals surface area (Å²) in [4.78, 5) is 15.5. The van der Waals surface area contributed by atoms with E-state index >= 15 is 0 Å². The zero-order chi connectivity index (χ0) is 8.10. The molecule has 0 aromatic carbocycles. The van der Waals surface area contributed by atoms with Gasteiger partial charge in [-0.2, -0.15) is 4.99 Å². The monoisotopic (exact) mass is 152 g/mol. The molecular formula is C8H12N2O. The molecule has 0 N–H and O–H groups in total. The van der Waals surface area contributed by atoms with Crippen molar-refractivity contribution in [1.82, 2.24) is 4.90 Å². The molecule has 0 aliphatic carbocycles. The van der Waals surface area contributed by atoms with Crippen LogP contribution >= 0.6 is 0 Å². The molecule has 3 nitrogen and oxygen atoms in total. The number of hydrogen-bond acceptors (Lipinski definition) is 3. The average molecular weight is 152 g/mol. The molecule has 0 bridgehead atoms. The van der Waals surface area contributed by atoms with Gasteiger partial charge >= 0.3 is 0 Å². The van der Waals surface area contributed by atoms with Crippen LogP contribution in [0.3, 0.4) is 0 Å². The molecule has 1 aliphatic heterocycles. The van der Waals surface area contributed by atoms with E-state index < -0.39 is 0 Å². The maximum atomic E-state index is 9.82. The summed E-state index contributed by atoms with van der Waals surface area (Å²) < 4.78 is 0. The fourth-order valence-electron chi connectivity index (χ4n) is 1.30.